The van der Waals surface area contributed by atoms with Crippen molar-refractivity contribution in [2.45, 2.75) is 6.92 Å². The normalized spacial score (nSPS) is 10.4. The number of hydrogen-bond acceptors (Lipinski definition) is 3. The molecule has 0 aliphatic carbocycles. The quantitative estimate of drug-likeness (QED) is 0.745. The molecule has 1 aromatic carbocycles. The van der Waals surface area contributed by atoms with Gasteiger partial charge in [-0.3, -0.25) is 0 Å². The number of fused-ring (bicyclic) bond motifs is 1. The highest BCUT2D eigenvalue weighted by molar-refractivity contribution is 5.82. The van der Waals surface area contributed by atoms with Gasteiger partial charge in [0.2, 0.25) is 0 Å². The Balaban J connectivity index is 2.73. The zero-order valence-corrected chi connectivity index (χ0v) is 8.24. The van der Waals surface area contributed by atoms with Crippen LogP contribution in [-0.2, 0) is 0 Å². The van der Waals surface area contributed by atoms with Gasteiger partial charge in [-0.1, -0.05) is 0 Å². The number of ether oxygens (including phenoxy) is 1. The van der Waals surface area contributed by atoms with E-state index in [1.807, 2.05) is 25.1 Å². The first-order valence-corrected chi connectivity index (χ1v) is 4.41. The van der Waals surface area contributed by atoms with Gasteiger partial charge in [0, 0.05) is 11.5 Å². The molecule has 0 radical (unpaired) electrons. The van der Waals surface area contributed by atoms with E-state index in [9.17, 15) is 0 Å². The van der Waals surface area contributed by atoms with Gasteiger partial charge in [0.25, 0.3) is 0 Å². The third-order valence-electron chi connectivity index (χ3n) is 2.23. The van der Waals surface area contributed by atoms with E-state index >= 15 is 0 Å². The Morgan fingerprint density at radius 1 is 1.29 bits per heavy atom. The van der Waals surface area contributed by atoms with Crippen molar-refractivity contribution in [2.24, 2.45) is 0 Å². The van der Waals surface area contributed by atoms with Crippen LogP contribution in [0.1, 0.15) is 5.56 Å². The number of aromatic nitrogens is 1. The van der Waals surface area contributed by atoms with Crippen LogP contribution in [-0.4, -0.2) is 12.1 Å². The number of hydrogen-bond donors (Lipinski definition) is 1. The fourth-order valence-corrected chi connectivity index (χ4v) is 1.50. The first-order chi connectivity index (χ1) is 6.70. The molecule has 0 saturated carbocycles. The van der Waals surface area contributed by atoms with Crippen molar-refractivity contribution >= 4 is 16.7 Å². The van der Waals surface area contributed by atoms with Crippen molar-refractivity contribution in [3.05, 3.63) is 29.8 Å². The summed E-state index contributed by atoms with van der Waals surface area (Å²) < 4.78 is 5.21. The van der Waals surface area contributed by atoms with E-state index in [4.69, 9.17) is 10.5 Å². The van der Waals surface area contributed by atoms with Gasteiger partial charge in [0.15, 0.2) is 0 Å². The van der Waals surface area contributed by atoms with E-state index in [0.717, 1.165) is 22.2 Å². The highest BCUT2D eigenvalue weighted by atomic mass is 16.5. The summed E-state index contributed by atoms with van der Waals surface area (Å²) in [4.78, 5) is 4.22. The maximum atomic E-state index is 5.60. The molecule has 1 aromatic heterocycles. The summed E-state index contributed by atoms with van der Waals surface area (Å²) in [5.41, 5.74) is 7.57. The molecule has 2 N–H and O–H groups in total. The number of nitrogens with two attached hydrogens (primary N) is 1. The van der Waals surface area contributed by atoms with Gasteiger partial charge in [-0.05, 0) is 30.7 Å². The third-order valence-corrected chi connectivity index (χ3v) is 2.23. The summed E-state index contributed by atoms with van der Waals surface area (Å²) in [5.74, 6) is 1.37. The first kappa shape index (κ1) is 8.81. The summed E-state index contributed by atoms with van der Waals surface area (Å²) in [7, 11) is 1.65. The van der Waals surface area contributed by atoms with E-state index in [0.29, 0.717) is 5.82 Å². The van der Waals surface area contributed by atoms with Gasteiger partial charge in [-0.15, -0.1) is 0 Å². The molecular weight excluding hydrogens is 176 g/mol. The standard InChI is InChI=1S/C11H12N2O/c1-7-5-8-3-4-11(12)13-9(8)6-10(7)14-2/h3-6H,1-2H3,(H2,12,13). The first-order valence-electron chi connectivity index (χ1n) is 4.41. The molecule has 0 fully saturated rings. The minimum Gasteiger partial charge on any atom is -0.496 e. The lowest BCUT2D eigenvalue weighted by Gasteiger charge is -2.06. The molecule has 0 saturated heterocycles. The van der Waals surface area contributed by atoms with Gasteiger partial charge in [0.1, 0.15) is 11.6 Å². The Morgan fingerprint density at radius 3 is 2.79 bits per heavy atom. The topological polar surface area (TPSA) is 48.1 Å². The van der Waals surface area contributed by atoms with Crippen LogP contribution in [0, 0.1) is 6.92 Å². The average Bonchev–Trinajstić information content (AvgIpc) is 2.17. The number of aryl methyl sites for hydroxylation is 1. The predicted molar refractivity (Wildman–Crippen MR) is 57.4 cm³/mol. The van der Waals surface area contributed by atoms with Crippen molar-refractivity contribution < 1.29 is 4.74 Å². The fraction of sp³-hybridized carbons (Fsp3) is 0.182. The molecule has 0 amide bonds. The third kappa shape index (κ3) is 1.37. The predicted octanol–water partition coefficient (Wildman–Crippen LogP) is 2.13. The van der Waals surface area contributed by atoms with E-state index in [2.05, 4.69) is 4.98 Å². The van der Waals surface area contributed by atoms with Crippen LogP contribution in [0.2, 0.25) is 0 Å². The molecule has 1 heterocycles. The molecule has 0 atom stereocenters. The summed E-state index contributed by atoms with van der Waals surface area (Å²) in [6.45, 7) is 2.01. The smallest absolute Gasteiger partial charge is 0.124 e. The number of nitrogens with zero attached hydrogens (tertiary/aromatic N) is 1. The lowest BCUT2D eigenvalue weighted by atomic mass is 10.1. The highest BCUT2D eigenvalue weighted by Gasteiger charge is 2.02. The number of nitrogen functional groups attached to an aromatic ring is 1. The van der Waals surface area contributed by atoms with Crippen molar-refractivity contribution in [1.29, 1.82) is 0 Å². The van der Waals surface area contributed by atoms with Crippen LogP contribution < -0.4 is 10.5 Å². The minimum atomic E-state index is 0.531. The zero-order chi connectivity index (χ0) is 10.1. The second-order valence-corrected chi connectivity index (χ2v) is 3.25. The molecule has 0 aliphatic heterocycles. The van der Waals surface area contributed by atoms with Gasteiger partial charge in [0.05, 0.1) is 12.6 Å². The number of benzene rings is 1. The molecule has 0 unspecified atom stereocenters. The SMILES string of the molecule is COc1cc2nc(N)ccc2cc1C. The molecule has 2 aromatic rings. The van der Waals surface area contributed by atoms with Gasteiger partial charge in [-0.2, -0.15) is 0 Å². The summed E-state index contributed by atoms with van der Waals surface area (Å²) >= 11 is 0. The van der Waals surface area contributed by atoms with Crippen molar-refractivity contribution in [1.82, 2.24) is 4.98 Å². The van der Waals surface area contributed by atoms with Crippen LogP contribution in [0.3, 0.4) is 0 Å². The number of pyridine rings is 1. The average molecular weight is 188 g/mol. The second kappa shape index (κ2) is 3.18. The van der Waals surface area contributed by atoms with Gasteiger partial charge < -0.3 is 10.5 Å². The minimum absolute atomic E-state index is 0.531. The van der Waals surface area contributed by atoms with Crippen LogP contribution in [0.5, 0.6) is 5.75 Å². The number of anilines is 1. The van der Waals surface area contributed by atoms with E-state index in [1.54, 1.807) is 13.2 Å². The molecule has 2 rings (SSSR count). The zero-order valence-electron chi connectivity index (χ0n) is 8.24. The van der Waals surface area contributed by atoms with E-state index in [1.165, 1.54) is 0 Å². The lowest BCUT2D eigenvalue weighted by Crippen LogP contribution is -1.92. The maximum absolute atomic E-state index is 5.60. The number of methoxy groups -OCH3 is 1. The lowest BCUT2D eigenvalue weighted by molar-refractivity contribution is 0.412. The Hall–Kier alpha value is -1.77. The molecular formula is C11H12N2O. The van der Waals surface area contributed by atoms with Gasteiger partial charge in [-0.25, -0.2) is 4.98 Å². The molecule has 0 bridgehead atoms. The Bertz CT molecular complexity index is 480. The Labute approximate surface area is 82.5 Å². The van der Waals surface area contributed by atoms with Crippen molar-refractivity contribution in [3.8, 4) is 5.75 Å². The van der Waals surface area contributed by atoms with Crippen LogP contribution in [0.4, 0.5) is 5.82 Å². The van der Waals surface area contributed by atoms with Crippen molar-refractivity contribution in [3.63, 3.8) is 0 Å². The monoisotopic (exact) mass is 188 g/mol. The number of rotatable bonds is 1. The molecule has 0 aliphatic rings. The van der Waals surface area contributed by atoms with Crippen LogP contribution >= 0.6 is 0 Å². The van der Waals surface area contributed by atoms with Crippen molar-refractivity contribution in [2.75, 3.05) is 12.8 Å². The van der Waals surface area contributed by atoms with E-state index in [-0.39, 0.29) is 0 Å². The summed E-state index contributed by atoms with van der Waals surface area (Å²) in [5, 5.41) is 1.08. The molecule has 3 nitrogen and oxygen atoms in total. The molecule has 72 valence electrons. The largest absolute Gasteiger partial charge is 0.496 e. The molecule has 14 heavy (non-hydrogen) atoms. The van der Waals surface area contributed by atoms with Gasteiger partial charge >= 0.3 is 0 Å². The Kier molecular flexibility index (Phi) is 2.00. The van der Waals surface area contributed by atoms with Crippen LogP contribution in [0.25, 0.3) is 10.9 Å². The summed E-state index contributed by atoms with van der Waals surface area (Å²) in [6.07, 6.45) is 0. The molecule has 3 heteroatoms. The highest BCUT2D eigenvalue weighted by Crippen LogP contribution is 2.24. The fourth-order valence-electron chi connectivity index (χ4n) is 1.50. The maximum Gasteiger partial charge on any atom is 0.124 e. The molecule has 0 spiro atoms. The second-order valence-electron chi connectivity index (χ2n) is 3.25. The summed E-state index contributed by atoms with van der Waals surface area (Å²) in [6, 6.07) is 7.71. The van der Waals surface area contributed by atoms with Crippen LogP contribution in [0.15, 0.2) is 24.3 Å². The van der Waals surface area contributed by atoms with E-state index < -0.39 is 0 Å². The Morgan fingerprint density at radius 2 is 2.07 bits per heavy atom.